The van der Waals surface area contributed by atoms with Crippen molar-refractivity contribution in [3.63, 3.8) is 0 Å². The van der Waals surface area contributed by atoms with Crippen LogP contribution in [0.15, 0.2) is 48.5 Å². The Bertz CT molecular complexity index is 862. The highest BCUT2D eigenvalue weighted by Gasteiger charge is 2.12. The number of nitrogens with one attached hydrogen (secondary N) is 3. The first-order valence-corrected chi connectivity index (χ1v) is 8.03. The molecular weight excluding hydrogens is 350 g/mol. The van der Waals surface area contributed by atoms with E-state index >= 15 is 0 Å². The van der Waals surface area contributed by atoms with E-state index in [-0.39, 0.29) is 11.5 Å². The standard InChI is InChI=1S/C19H19N3O5/c1-12-5-3-4-6-15(12)19(26)20-14-9-7-13(8-10-14)18(25)22-21-16(23)11-17(24)27-2/h3-10H,11H2,1-2H3,(H,20,26)(H,21,23)(H,22,25). The molecule has 2 rings (SSSR count). The fourth-order valence-corrected chi connectivity index (χ4v) is 2.18. The largest absolute Gasteiger partial charge is 0.469 e. The first kappa shape index (κ1) is 19.6. The molecule has 0 unspecified atom stereocenters. The number of amides is 3. The Labute approximate surface area is 155 Å². The van der Waals surface area contributed by atoms with Gasteiger partial charge in [-0.2, -0.15) is 0 Å². The van der Waals surface area contributed by atoms with E-state index in [9.17, 15) is 19.2 Å². The molecule has 0 heterocycles. The molecule has 8 heteroatoms. The van der Waals surface area contributed by atoms with Gasteiger partial charge in [0.25, 0.3) is 11.8 Å². The number of hydrogen-bond acceptors (Lipinski definition) is 5. The minimum atomic E-state index is -0.713. The fourth-order valence-electron chi connectivity index (χ4n) is 2.18. The Morgan fingerprint density at radius 2 is 1.56 bits per heavy atom. The van der Waals surface area contributed by atoms with Gasteiger partial charge < -0.3 is 10.1 Å². The lowest BCUT2D eigenvalue weighted by Gasteiger charge is -2.09. The topological polar surface area (TPSA) is 114 Å². The van der Waals surface area contributed by atoms with Gasteiger partial charge in [0.2, 0.25) is 5.91 Å². The Morgan fingerprint density at radius 1 is 0.889 bits per heavy atom. The van der Waals surface area contributed by atoms with E-state index in [1.807, 2.05) is 19.1 Å². The lowest BCUT2D eigenvalue weighted by Crippen LogP contribution is -2.42. The third kappa shape index (κ3) is 5.67. The molecule has 2 aromatic carbocycles. The van der Waals surface area contributed by atoms with Crippen molar-refractivity contribution in [2.45, 2.75) is 13.3 Å². The SMILES string of the molecule is COC(=O)CC(=O)NNC(=O)c1ccc(NC(=O)c2ccccc2C)cc1. The summed E-state index contributed by atoms with van der Waals surface area (Å²) in [5.74, 6) is -2.22. The van der Waals surface area contributed by atoms with Gasteiger partial charge in [-0.05, 0) is 42.8 Å². The van der Waals surface area contributed by atoms with Gasteiger partial charge >= 0.3 is 5.97 Å². The van der Waals surface area contributed by atoms with Crippen molar-refractivity contribution in [1.29, 1.82) is 0 Å². The van der Waals surface area contributed by atoms with E-state index in [1.54, 1.807) is 24.3 Å². The Kier molecular flexibility index (Phi) is 6.65. The van der Waals surface area contributed by atoms with Crippen molar-refractivity contribution in [3.05, 3.63) is 65.2 Å². The molecule has 3 amide bonds. The van der Waals surface area contributed by atoms with Gasteiger partial charge in [-0.15, -0.1) is 0 Å². The van der Waals surface area contributed by atoms with Crippen LogP contribution in [0.5, 0.6) is 0 Å². The Hall–Kier alpha value is -3.68. The number of methoxy groups -OCH3 is 1. The molecule has 8 nitrogen and oxygen atoms in total. The summed E-state index contributed by atoms with van der Waals surface area (Å²) in [7, 11) is 1.16. The number of aryl methyl sites for hydroxylation is 1. The van der Waals surface area contributed by atoms with Crippen molar-refractivity contribution in [2.24, 2.45) is 0 Å². The molecule has 0 bridgehead atoms. The van der Waals surface area contributed by atoms with Gasteiger partial charge in [0.1, 0.15) is 6.42 Å². The minimum Gasteiger partial charge on any atom is -0.469 e. The molecule has 2 aromatic rings. The zero-order chi connectivity index (χ0) is 19.8. The minimum absolute atomic E-state index is 0.250. The van der Waals surface area contributed by atoms with Crippen molar-refractivity contribution in [2.75, 3.05) is 12.4 Å². The highest BCUT2D eigenvalue weighted by Crippen LogP contribution is 2.13. The maximum absolute atomic E-state index is 12.3. The summed E-state index contributed by atoms with van der Waals surface area (Å²) >= 11 is 0. The van der Waals surface area contributed by atoms with Gasteiger partial charge in [0, 0.05) is 16.8 Å². The number of esters is 1. The predicted octanol–water partition coefficient (Wildman–Crippen LogP) is 1.57. The van der Waals surface area contributed by atoms with E-state index in [2.05, 4.69) is 20.9 Å². The van der Waals surface area contributed by atoms with E-state index in [0.717, 1.165) is 12.7 Å². The number of hydrazine groups is 1. The summed E-state index contributed by atoms with van der Waals surface area (Å²) in [5.41, 5.74) is 6.51. The number of anilines is 1. The molecule has 0 aliphatic rings. The molecule has 3 N–H and O–H groups in total. The molecule has 0 saturated heterocycles. The van der Waals surface area contributed by atoms with Gasteiger partial charge in [-0.1, -0.05) is 18.2 Å². The number of carbonyl (C=O) groups is 4. The van der Waals surface area contributed by atoms with Crippen LogP contribution in [0.2, 0.25) is 0 Å². The smallest absolute Gasteiger partial charge is 0.315 e. The summed E-state index contributed by atoms with van der Waals surface area (Å²) in [6.45, 7) is 1.84. The van der Waals surface area contributed by atoms with Crippen LogP contribution in [0.3, 0.4) is 0 Å². The first-order chi connectivity index (χ1) is 12.9. The van der Waals surface area contributed by atoms with Crippen molar-refractivity contribution >= 4 is 29.4 Å². The van der Waals surface area contributed by atoms with Crippen molar-refractivity contribution < 1.29 is 23.9 Å². The molecule has 140 valence electrons. The molecule has 0 aliphatic heterocycles. The summed E-state index contributed by atoms with van der Waals surface area (Å²) in [6, 6.07) is 13.3. The van der Waals surface area contributed by atoms with Gasteiger partial charge in [0.05, 0.1) is 7.11 Å². The number of ether oxygens (including phenoxy) is 1. The van der Waals surface area contributed by atoms with Crippen LogP contribution in [0.4, 0.5) is 5.69 Å². The van der Waals surface area contributed by atoms with Crippen molar-refractivity contribution in [1.82, 2.24) is 10.9 Å². The normalized spacial score (nSPS) is 9.85. The van der Waals surface area contributed by atoms with Crippen LogP contribution < -0.4 is 16.2 Å². The van der Waals surface area contributed by atoms with Crippen LogP contribution in [0, 0.1) is 6.92 Å². The summed E-state index contributed by atoms with van der Waals surface area (Å²) in [4.78, 5) is 46.6. The van der Waals surface area contributed by atoms with E-state index < -0.39 is 24.2 Å². The van der Waals surface area contributed by atoms with Crippen LogP contribution >= 0.6 is 0 Å². The average molecular weight is 369 g/mol. The van der Waals surface area contributed by atoms with Crippen LogP contribution in [0.25, 0.3) is 0 Å². The summed E-state index contributed by atoms with van der Waals surface area (Å²) in [6.07, 6.45) is -0.499. The quantitative estimate of drug-likeness (QED) is 0.421. The van der Waals surface area contributed by atoms with E-state index in [1.165, 1.54) is 12.1 Å². The van der Waals surface area contributed by atoms with E-state index in [0.29, 0.717) is 11.3 Å². The number of carbonyl (C=O) groups excluding carboxylic acids is 4. The van der Waals surface area contributed by atoms with Gasteiger partial charge in [0.15, 0.2) is 0 Å². The molecule has 0 spiro atoms. The van der Waals surface area contributed by atoms with Gasteiger partial charge in [-0.25, -0.2) is 0 Å². The Morgan fingerprint density at radius 3 is 2.19 bits per heavy atom. The summed E-state index contributed by atoms with van der Waals surface area (Å²) in [5, 5.41) is 2.75. The second-order valence-corrected chi connectivity index (χ2v) is 5.60. The first-order valence-electron chi connectivity index (χ1n) is 8.03. The lowest BCUT2D eigenvalue weighted by atomic mass is 10.1. The van der Waals surface area contributed by atoms with Gasteiger partial charge in [-0.3, -0.25) is 30.0 Å². The number of rotatable bonds is 5. The maximum Gasteiger partial charge on any atom is 0.315 e. The summed E-state index contributed by atoms with van der Waals surface area (Å²) < 4.78 is 4.35. The molecule has 0 atom stereocenters. The van der Waals surface area contributed by atoms with Crippen LogP contribution in [-0.2, 0) is 14.3 Å². The molecule has 27 heavy (non-hydrogen) atoms. The fraction of sp³-hybridized carbons (Fsp3) is 0.158. The highest BCUT2D eigenvalue weighted by atomic mass is 16.5. The molecule has 0 saturated carbocycles. The highest BCUT2D eigenvalue weighted by molar-refractivity contribution is 6.05. The zero-order valence-electron chi connectivity index (χ0n) is 14.9. The molecule has 0 radical (unpaired) electrons. The van der Waals surface area contributed by atoms with Crippen LogP contribution in [-0.4, -0.2) is 30.8 Å². The average Bonchev–Trinajstić information content (AvgIpc) is 2.66. The molecular formula is C19H19N3O5. The number of benzene rings is 2. The lowest BCUT2D eigenvalue weighted by molar-refractivity contribution is -0.144. The second-order valence-electron chi connectivity index (χ2n) is 5.60. The third-order valence-electron chi connectivity index (χ3n) is 3.64. The molecule has 0 fully saturated rings. The maximum atomic E-state index is 12.3. The van der Waals surface area contributed by atoms with Crippen LogP contribution in [0.1, 0.15) is 32.7 Å². The zero-order valence-corrected chi connectivity index (χ0v) is 14.9. The Balaban J connectivity index is 1.91. The van der Waals surface area contributed by atoms with E-state index in [4.69, 9.17) is 0 Å². The molecule has 0 aromatic heterocycles. The second kappa shape index (κ2) is 9.14. The third-order valence-corrected chi connectivity index (χ3v) is 3.64. The van der Waals surface area contributed by atoms with Crippen molar-refractivity contribution in [3.8, 4) is 0 Å². The number of hydrogen-bond donors (Lipinski definition) is 3. The molecule has 0 aliphatic carbocycles. The predicted molar refractivity (Wildman–Crippen MR) is 97.8 cm³/mol. The monoisotopic (exact) mass is 369 g/mol.